The lowest BCUT2D eigenvalue weighted by Gasteiger charge is -2.12. The van der Waals surface area contributed by atoms with Gasteiger partial charge in [0.15, 0.2) is 0 Å². The summed E-state index contributed by atoms with van der Waals surface area (Å²) in [4.78, 5) is 24.3. The number of nitrogens with one attached hydrogen (secondary N) is 2. The van der Waals surface area contributed by atoms with Crippen LogP contribution in [0.2, 0.25) is 0 Å². The van der Waals surface area contributed by atoms with E-state index >= 15 is 0 Å². The number of amides is 2. The number of rotatable bonds is 6. The van der Waals surface area contributed by atoms with Gasteiger partial charge in [0.1, 0.15) is 5.82 Å². The molecule has 26 heavy (non-hydrogen) atoms. The van der Waals surface area contributed by atoms with Crippen LogP contribution in [0, 0.1) is 12.7 Å². The van der Waals surface area contributed by atoms with E-state index in [9.17, 15) is 14.0 Å². The average molecular weight is 354 g/mol. The van der Waals surface area contributed by atoms with Crippen molar-refractivity contribution in [1.29, 1.82) is 0 Å². The Morgan fingerprint density at radius 2 is 1.77 bits per heavy atom. The number of carbonyl (C=O) groups excluding carboxylic acids is 2. The maximum absolute atomic E-state index is 14.3. The van der Waals surface area contributed by atoms with Gasteiger partial charge in [-0.25, -0.2) is 4.39 Å². The molecule has 1 aliphatic carbocycles. The SMILES string of the molecule is CCCNC(=O)c1ccc(-c2cc(C(=O)NC3CC3)cc(F)c2C)cc1. The van der Waals surface area contributed by atoms with Crippen LogP contribution in [0.1, 0.15) is 52.5 Å². The van der Waals surface area contributed by atoms with Gasteiger partial charge in [0.05, 0.1) is 0 Å². The molecule has 0 heterocycles. The van der Waals surface area contributed by atoms with Crippen molar-refractivity contribution in [3.63, 3.8) is 0 Å². The van der Waals surface area contributed by atoms with Gasteiger partial charge in [-0.3, -0.25) is 9.59 Å². The summed E-state index contributed by atoms with van der Waals surface area (Å²) in [7, 11) is 0. The third kappa shape index (κ3) is 4.10. The molecular weight excluding hydrogens is 331 g/mol. The summed E-state index contributed by atoms with van der Waals surface area (Å²) in [5.74, 6) is -0.782. The van der Waals surface area contributed by atoms with Gasteiger partial charge in [-0.1, -0.05) is 19.1 Å². The molecule has 4 nitrogen and oxygen atoms in total. The predicted molar refractivity (Wildman–Crippen MR) is 99.7 cm³/mol. The lowest BCUT2D eigenvalue weighted by Crippen LogP contribution is -2.25. The first-order valence-electron chi connectivity index (χ1n) is 8.99. The number of benzene rings is 2. The minimum atomic E-state index is -0.409. The van der Waals surface area contributed by atoms with Crippen molar-refractivity contribution >= 4 is 11.8 Å². The highest BCUT2D eigenvalue weighted by Gasteiger charge is 2.24. The minimum absolute atomic E-state index is 0.126. The van der Waals surface area contributed by atoms with Crippen LogP contribution in [0.15, 0.2) is 36.4 Å². The van der Waals surface area contributed by atoms with Gasteiger partial charge < -0.3 is 10.6 Å². The topological polar surface area (TPSA) is 58.2 Å². The third-order valence-electron chi connectivity index (χ3n) is 4.51. The molecule has 3 rings (SSSR count). The molecule has 1 fully saturated rings. The highest BCUT2D eigenvalue weighted by Crippen LogP contribution is 2.28. The fraction of sp³-hybridized carbons (Fsp3) is 0.333. The van der Waals surface area contributed by atoms with Crippen LogP contribution in [-0.4, -0.2) is 24.4 Å². The summed E-state index contributed by atoms with van der Waals surface area (Å²) in [5, 5.41) is 5.71. The van der Waals surface area contributed by atoms with Gasteiger partial charge in [0, 0.05) is 23.7 Å². The highest BCUT2D eigenvalue weighted by atomic mass is 19.1. The second-order valence-electron chi connectivity index (χ2n) is 6.71. The van der Waals surface area contributed by atoms with E-state index in [1.165, 1.54) is 6.07 Å². The van der Waals surface area contributed by atoms with E-state index in [2.05, 4.69) is 10.6 Å². The fourth-order valence-electron chi connectivity index (χ4n) is 2.75. The molecular formula is C21H23FN2O2. The van der Waals surface area contributed by atoms with Crippen LogP contribution >= 0.6 is 0 Å². The van der Waals surface area contributed by atoms with Crippen molar-refractivity contribution in [3.05, 3.63) is 58.9 Å². The maximum atomic E-state index is 14.3. The van der Waals surface area contributed by atoms with Crippen molar-refractivity contribution in [2.24, 2.45) is 0 Å². The standard InChI is InChI=1S/C21H23FN2O2/c1-3-10-23-20(25)15-6-4-14(5-7-15)18-11-16(12-19(22)13(18)2)21(26)24-17-8-9-17/h4-7,11-12,17H,3,8-10H2,1-2H3,(H,23,25)(H,24,26). The second-order valence-corrected chi connectivity index (χ2v) is 6.71. The van der Waals surface area contributed by atoms with Gasteiger partial charge >= 0.3 is 0 Å². The molecule has 0 radical (unpaired) electrons. The summed E-state index contributed by atoms with van der Waals surface area (Å²) in [6.45, 7) is 4.31. The first-order valence-corrected chi connectivity index (χ1v) is 8.99. The molecule has 1 aliphatic rings. The Hall–Kier alpha value is -2.69. The lowest BCUT2D eigenvalue weighted by atomic mass is 9.96. The van der Waals surface area contributed by atoms with Gasteiger partial charge in [0.25, 0.3) is 11.8 Å². The molecule has 0 aliphatic heterocycles. The molecule has 2 amide bonds. The van der Waals surface area contributed by atoms with E-state index in [4.69, 9.17) is 0 Å². The molecule has 0 saturated heterocycles. The second kappa shape index (κ2) is 7.68. The van der Waals surface area contributed by atoms with Gasteiger partial charge in [-0.05, 0) is 67.1 Å². The molecule has 2 N–H and O–H groups in total. The molecule has 1 saturated carbocycles. The highest BCUT2D eigenvalue weighted by molar-refractivity contribution is 5.97. The Morgan fingerprint density at radius 1 is 1.08 bits per heavy atom. The van der Waals surface area contributed by atoms with Crippen LogP contribution in [-0.2, 0) is 0 Å². The Labute approximate surface area is 152 Å². The summed E-state index contributed by atoms with van der Waals surface area (Å²) in [6.07, 6.45) is 2.83. The van der Waals surface area contributed by atoms with E-state index < -0.39 is 5.82 Å². The first-order chi connectivity index (χ1) is 12.5. The zero-order valence-electron chi connectivity index (χ0n) is 15.1. The maximum Gasteiger partial charge on any atom is 0.251 e. The Kier molecular flexibility index (Phi) is 5.35. The summed E-state index contributed by atoms with van der Waals surface area (Å²) < 4.78 is 14.3. The van der Waals surface area contributed by atoms with E-state index in [1.807, 2.05) is 6.92 Å². The lowest BCUT2D eigenvalue weighted by molar-refractivity contribution is 0.0944. The fourth-order valence-corrected chi connectivity index (χ4v) is 2.75. The molecule has 0 bridgehead atoms. The molecule has 2 aromatic carbocycles. The molecule has 0 atom stereocenters. The van der Waals surface area contributed by atoms with E-state index in [0.717, 1.165) is 24.8 Å². The monoisotopic (exact) mass is 354 g/mol. The summed E-state index contributed by atoms with van der Waals surface area (Å²) >= 11 is 0. The van der Waals surface area contributed by atoms with Crippen molar-refractivity contribution in [2.45, 2.75) is 39.2 Å². The molecule has 2 aromatic rings. The number of hydrogen-bond acceptors (Lipinski definition) is 2. The number of halogens is 1. The Balaban J connectivity index is 1.86. The average Bonchev–Trinajstić information content (AvgIpc) is 3.46. The minimum Gasteiger partial charge on any atom is -0.352 e. The van der Waals surface area contributed by atoms with Crippen molar-refractivity contribution in [3.8, 4) is 11.1 Å². The largest absolute Gasteiger partial charge is 0.352 e. The molecule has 136 valence electrons. The number of carbonyl (C=O) groups is 2. The van der Waals surface area contributed by atoms with E-state index in [1.54, 1.807) is 37.3 Å². The smallest absolute Gasteiger partial charge is 0.251 e. The summed E-state index contributed by atoms with van der Waals surface area (Å²) in [6, 6.07) is 10.2. The zero-order chi connectivity index (χ0) is 18.7. The van der Waals surface area contributed by atoms with Crippen LogP contribution in [0.3, 0.4) is 0 Å². The van der Waals surface area contributed by atoms with E-state index in [0.29, 0.717) is 28.8 Å². The van der Waals surface area contributed by atoms with E-state index in [-0.39, 0.29) is 17.9 Å². The van der Waals surface area contributed by atoms with Gasteiger partial charge in [-0.15, -0.1) is 0 Å². The molecule has 0 spiro atoms. The van der Waals surface area contributed by atoms with Crippen LogP contribution < -0.4 is 10.6 Å². The van der Waals surface area contributed by atoms with Gasteiger partial charge in [-0.2, -0.15) is 0 Å². The van der Waals surface area contributed by atoms with Crippen LogP contribution in [0.25, 0.3) is 11.1 Å². The van der Waals surface area contributed by atoms with Crippen molar-refractivity contribution in [1.82, 2.24) is 10.6 Å². The summed E-state index contributed by atoms with van der Waals surface area (Å²) in [5.41, 5.74) is 2.79. The molecule has 5 heteroatoms. The Bertz CT molecular complexity index is 827. The van der Waals surface area contributed by atoms with Crippen molar-refractivity contribution < 1.29 is 14.0 Å². The van der Waals surface area contributed by atoms with Crippen LogP contribution in [0.5, 0.6) is 0 Å². The first kappa shape index (κ1) is 18.1. The zero-order valence-corrected chi connectivity index (χ0v) is 15.1. The normalized spacial score (nSPS) is 13.3. The predicted octanol–water partition coefficient (Wildman–Crippen LogP) is 3.83. The molecule has 0 unspecified atom stereocenters. The third-order valence-corrected chi connectivity index (χ3v) is 4.51. The van der Waals surface area contributed by atoms with Crippen LogP contribution in [0.4, 0.5) is 4.39 Å². The van der Waals surface area contributed by atoms with Crippen molar-refractivity contribution in [2.75, 3.05) is 6.54 Å². The quantitative estimate of drug-likeness (QED) is 0.828. The molecule has 0 aromatic heterocycles. The van der Waals surface area contributed by atoms with Gasteiger partial charge in [0.2, 0.25) is 0 Å². The number of hydrogen-bond donors (Lipinski definition) is 2. The Morgan fingerprint density at radius 3 is 2.38 bits per heavy atom.